The molecule has 0 saturated heterocycles. The van der Waals surface area contributed by atoms with Gasteiger partial charge in [-0.3, -0.25) is 4.79 Å². The number of oxime groups is 1. The van der Waals surface area contributed by atoms with Crippen LogP contribution in [0.1, 0.15) is 79.1 Å². The molecule has 0 amide bonds. The summed E-state index contributed by atoms with van der Waals surface area (Å²) in [5.74, 6) is 1.44. The number of ether oxygens (including phenoxy) is 1. The summed E-state index contributed by atoms with van der Waals surface area (Å²) in [4.78, 5) is 18.0. The Morgan fingerprint density at radius 1 is 0.788 bits per heavy atom. The molecule has 3 aromatic rings. The maximum absolute atomic E-state index is 12.2. The Morgan fingerprint density at radius 2 is 1.39 bits per heavy atom. The van der Waals surface area contributed by atoms with E-state index in [4.69, 9.17) is 9.57 Å². The molecule has 0 N–H and O–H groups in total. The van der Waals surface area contributed by atoms with Gasteiger partial charge in [-0.1, -0.05) is 81.4 Å². The maximum Gasteiger partial charge on any atom is 0.200 e. The molecule has 0 spiro atoms. The SMILES string of the molecule is CC(=NOCc1c(C(C)C)cccc1C(C)C)c1ccc(OCC(=O)c2ccccc2)cc1. The minimum Gasteiger partial charge on any atom is -0.485 e. The van der Waals surface area contributed by atoms with Crippen molar-refractivity contribution in [2.24, 2.45) is 5.16 Å². The average molecular weight is 444 g/mol. The van der Waals surface area contributed by atoms with Gasteiger partial charge in [-0.2, -0.15) is 0 Å². The van der Waals surface area contributed by atoms with Crippen LogP contribution in [0.3, 0.4) is 0 Å². The van der Waals surface area contributed by atoms with Crippen LogP contribution in [0.5, 0.6) is 5.75 Å². The maximum atomic E-state index is 12.2. The molecule has 0 atom stereocenters. The number of hydrogen-bond acceptors (Lipinski definition) is 4. The molecule has 0 heterocycles. The lowest BCUT2D eigenvalue weighted by Gasteiger charge is -2.18. The van der Waals surface area contributed by atoms with Crippen molar-refractivity contribution < 1.29 is 14.4 Å². The van der Waals surface area contributed by atoms with Crippen molar-refractivity contribution in [1.29, 1.82) is 0 Å². The molecule has 4 nitrogen and oxygen atoms in total. The summed E-state index contributed by atoms with van der Waals surface area (Å²) in [7, 11) is 0. The van der Waals surface area contributed by atoms with Crippen LogP contribution in [0.2, 0.25) is 0 Å². The minimum absolute atomic E-state index is 0.00693. The Balaban J connectivity index is 1.61. The Bertz CT molecular complexity index is 1060. The lowest BCUT2D eigenvalue weighted by atomic mass is 9.89. The number of benzene rings is 3. The molecular weight excluding hydrogens is 410 g/mol. The van der Waals surface area contributed by atoms with Gasteiger partial charge in [0.05, 0.1) is 5.71 Å². The quantitative estimate of drug-likeness (QED) is 0.190. The molecule has 3 aromatic carbocycles. The van der Waals surface area contributed by atoms with Crippen molar-refractivity contribution in [3.05, 3.63) is 101 Å². The van der Waals surface area contributed by atoms with E-state index in [0.717, 1.165) is 11.3 Å². The molecule has 0 aliphatic heterocycles. The average Bonchev–Trinajstić information content (AvgIpc) is 2.83. The summed E-state index contributed by atoms with van der Waals surface area (Å²) in [6, 6.07) is 23.2. The predicted octanol–water partition coefficient (Wildman–Crippen LogP) is 7.14. The predicted molar refractivity (Wildman–Crippen MR) is 134 cm³/mol. The van der Waals surface area contributed by atoms with Gasteiger partial charge >= 0.3 is 0 Å². The van der Waals surface area contributed by atoms with Crippen LogP contribution in [0.25, 0.3) is 0 Å². The number of carbonyl (C=O) groups excluding carboxylic acids is 1. The first-order valence-corrected chi connectivity index (χ1v) is 11.5. The van der Waals surface area contributed by atoms with E-state index < -0.39 is 0 Å². The first kappa shape index (κ1) is 24.2. The number of ketones is 1. The van der Waals surface area contributed by atoms with Gasteiger partial charge in [0.2, 0.25) is 0 Å². The van der Waals surface area contributed by atoms with Crippen molar-refractivity contribution in [2.45, 2.75) is 53.1 Å². The fourth-order valence-electron chi connectivity index (χ4n) is 3.77. The highest BCUT2D eigenvalue weighted by Crippen LogP contribution is 2.28. The van der Waals surface area contributed by atoms with Crippen molar-refractivity contribution >= 4 is 11.5 Å². The van der Waals surface area contributed by atoms with E-state index in [1.807, 2.05) is 49.4 Å². The fraction of sp³-hybridized carbons (Fsp3) is 0.310. The lowest BCUT2D eigenvalue weighted by molar-refractivity contribution is 0.0921. The topological polar surface area (TPSA) is 47.9 Å². The highest BCUT2D eigenvalue weighted by Gasteiger charge is 2.14. The van der Waals surface area contributed by atoms with Crippen LogP contribution in [0.4, 0.5) is 0 Å². The Hall–Kier alpha value is -3.40. The largest absolute Gasteiger partial charge is 0.485 e. The molecule has 3 rings (SSSR count). The van der Waals surface area contributed by atoms with Crippen molar-refractivity contribution in [3.8, 4) is 5.75 Å². The van der Waals surface area contributed by atoms with E-state index in [9.17, 15) is 4.79 Å². The number of Topliss-reactive ketones (excluding diaryl/α,β-unsaturated/α-hetero) is 1. The van der Waals surface area contributed by atoms with Gasteiger partial charge in [0, 0.05) is 5.56 Å². The highest BCUT2D eigenvalue weighted by atomic mass is 16.6. The minimum atomic E-state index is -0.0479. The van der Waals surface area contributed by atoms with Gasteiger partial charge in [-0.05, 0) is 65.3 Å². The number of rotatable bonds is 10. The molecule has 0 fully saturated rings. The zero-order chi connectivity index (χ0) is 23.8. The molecule has 33 heavy (non-hydrogen) atoms. The van der Waals surface area contributed by atoms with E-state index in [1.54, 1.807) is 12.1 Å². The standard InChI is InChI=1S/C29H33NO3/c1-20(2)26-12-9-13-27(21(3)4)28(26)18-33-30-22(5)23-14-16-25(17-15-23)32-19-29(31)24-10-7-6-8-11-24/h6-17,20-21H,18-19H2,1-5H3. The van der Waals surface area contributed by atoms with E-state index >= 15 is 0 Å². The molecule has 4 heteroatoms. The monoisotopic (exact) mass is 443 g/mol. The van der Waals surface area contributed by atoms with Crippen LogP contribution in [0.15, 0.2) is 78.0 Å². The van der Waals surface area contributed by atoms with E-state index in [-0.39, 0.29) is 12.4 Å². The van der Waals surface area contributed by atoms with Crippen LogP contribution in [-0.2, 0) is 11.4 Å². The van der Waals surface area contributed by atoms with Gasteiger partial charge < -0.3 is 9.57 Å². The van der Waals surface area contributed by atoms with Gasteiger partial charge in [0.1, 0.15) is 12.4 Å². The van der Waals surface area contributed by atoms with Crippen molar-refractivity contribution in [3.63, 3.8) is 0 Å². The van der Waals surface area contributed by atoms with Crippen LogP contribution in [-0.4, -0.2) is 18.1 Å². The first-order chi connectivity index (χ1) is 15.9. The third kappa shape index (κ3) is 6.55. The van der Waals surface area contributed by atoms with E-state index in [2.05, 4.69) is 51.0 Å². The third-order valence-corrected chi connectivity index (χ3v) is 5.64. The van der Waals surface area contributed by atoms with Gasteiger partial charge in [-0.25, -0.2) is 0 Å². The lowest BCUT2D eigenvalue weighted by Crippen LogP contribution is -2.11. The van der Waals surface area contributed by atoms with Crippen molar-refractivity contribution in [1.82, 2.24) is 0 Å². The summed E-state index contributed by atoms with van der Waals surface area (Å²) < 4.78 is 5.65. The van der Waals surface area contributed by atoms with Crippen molar-refractivity contribution in [2.75, 3.05) is 6.61 Å². The van der Waals surface area contributed by atoms with E-state index in [1.165, 1.54) is 16.7 Å². The number of hydrogen-bond donors (Lipinski definition) is 0. The van der Waals surface area contributed by atoms with Crippen LogP contribution < -0.4 is 4.74 Å². The number of carbonyl (C=O) groups is 1. The second-order valence-corrected chi connectivity index (χ2v) is 8.78. The van der Waals surface area contributed by atoms with Gasteiger partial charge in [0.15, 0.2) is 12.4 Å². The van der Waals surface area contributed by atoms with Crippen LogP contribution >= 0.6 is 0 Å². The molecular formula is C29H33NO3. The molecule has 0 aliphatic carbocycles. The van der Waals surface area contributed by atoms with Gasteiger partial charge in [0.25, 0.3) is 0 Å². The molecule has 172 valence electrons. The molecule has 0 saturated carbocycles. The molecule has 0 radical (unpaired) electrons. The zero-order valence-corrected chi connectivity index (χ0v) is 20.2. The van der Waals surface area contributed by atoms with E-state index in [0.29, 0.717) is 29.8 Å². The molecule has 0 bridgehead atoms. The molecule has 0 aliphatic rings. The summed E-state index contributed by atoms with van der Waals surface area (Å²) in [5, 5.41) is 4.36. The zero-order valence-electron chi connectivity index (χ0n) is 20.2. The second kappa shape index (κ2) is 11.5. The Labute approximate surface area is 197 Å². The fourth-order valence-corrected chi connectivity index (χ4v) is 3.77. The summed E-state index contributed by atoms with van der Waals surface area (Å²) in [6.07, 6.45) is 0. The highest BCUT2D eigenvalue weighted by molar-refractivity contribution is 5.98. The smallest absolute Gasteiger partial charge is 0.200 e. The second-order valence-electron chi connectivity index (χ2n) is 8.78. The third-order valence-electron chi connectivity index (χ3n) is 5.64. The van der Waals surface area contributed by atoms with Gasteiger partial charge in [-0.15, -0.1) is 0 Å². The normalized spacial score (nSPS) is 11.7. The molecule has 0 unspecified atom stereocenters. The Kier molecular flexibility index (Phi) is 8.42. The number of nitrogens with zero attached hydrogens (tertiary/aromatic N) is 1. The van der Waals surface area contributed by atoms with Crippen LogP contribution in [0, 0.1) is 0 Å². The summed E-state index contributed by atoms with van der Waals surface area (Å²) >= 11 is 0. The Morgan fingerprint density at radius 3 is 1.97 bits per heavy atom. The molecule has 0 aromatic heterocycles. The summed E-state index contributed by atoms with van der Waals surface area (Å²) in [5.41, 5.74) is 6.22. The first-order valence-electron chi connectivity index (χ1n) is 11.5. The summed E-state index contributed by atoms with van der Waals surface area (Å²) in [6.45, 7) is 11.2.